The summed E-state index contributed by atoms with van der Waals surface area (Å²) in [6.07, 6.45) is 16.0. The molecule has 0 nitrogen and oxygen atoms in total. The van der Waals surface area contributed by atoms with E-state index >= 15 is 0 Å². The van der Waals surface area contributed by atoms with Crippen molar-refractivity contribution in [3.63, 3.8) is 0 Å². The second kappa shape index (κ2) is 10.7. The van der Waals surface area contributed by atoms with Gasteiger partial charge in [-0.1, -0.05) is 88.2 Å². The molecule has 0 bridgehead atoms. The molecule has 0 saturated heterocycles. The summed E-state index contributed by atoms with van der Waals surface area (Å²) in [7, 11) is 0. The van der Waals surface area contributed by atoms with Gasteiger partial charge in [0.2, 0.25) is 0 Å². The van der Waals surface area contributed by atoms with Crippen LogP contribution in [-0.2, 0) is 0 Å². The molecule has 0 heteroatoms. The quantitative estimate of drug-likeness (QED) is 0.423. The van der Waals surface area contributed by atoms with Crippen LogP contribution in [-0.4, -0.2) is 0 Å². The fraction of sp³-hybridized carbons (Fsp3) is 0.548. The van der Waals surface area contributed by atoms with Crippen LogP contribution in [0.15, 0.2) is 54.6 Å². The summed E-state index contributed by atoms with van der Waals surface area (Å²) in [6, 6.07) is 18.8. The molecule has 0 heterocycles. The molecule has 2 aromatic carbocycles. The van der Waals surface area contributed by atoms with Crippen molar-refractivity contribution in [2.24, 2.45) is 17.8 Å². The monoisotopic (exact) mass is 414 g/mol. The molecule has 2 aromatic rings. The van der Waals surface area contributed by atoms with Crippen molar-refractivity contribution in [2.45, 2.75) is 90.9 Å². The Morgan fingerprint density at radius 2 is 1.35 bits per heavy atom. The predicted octanol–water partition coefficient (Wildman–Crippen LogP) is 9.66. The summed E-state index contributed by atoms with van der Waals surface area (Å²) < 4.78 is 0. The van der Waals surface area contributed by atoms with Gasteiger partial charge in [0.05, 0.1) is 0 Å². The smallest absolute Gasteiger partial charge is 0.0162 e. The highest BCUT2D eigenvalue weighted by atomic mass is 14.3. The van der Waals surface area contributed by atoms with Crippen LogP contribution in [0, 0.1) is 17.8 Å². The fourth-order valence-corrected chi connectivity index (χ4v) is 5.83. The van der Waals surface area contributed by atoms with Crippen LogP contribution >= 0.6 is 0 Å². The van der Waals surface area contributed by atoms with Crippen molar-refractivity contribution in [1.29, 1.82) is 0 Å². The van der Waals surface area contributed by atoms with Crippen LogP contribution in [0.3, 0.4) is 0 Å². The number of allylic oxidation sites excluding steroid dienone is 2. The number of hydrogen-bond donors (Lipinski definition) is 0. The Morgan fingerprint density at radius 1 is 0.742 bits per heavy atom. The maximum atomic E-state index is 2.52. The van der Waals surface area contributed by atoms with Gasteiger partial charge in [-0.15, -0.1) is 0 Å². The molecule has 1 saturated carbocycles. The average molecular weight is 415 g/mol. The Bertz CT molecular complexity index is 831. The molecule has 0 amide bonds. The summed E-state index contributed by atoms with van der Waals surface area (Å²) in [5.74, 6) is 3.52. The minimum Gasteiger partial charge on any atom is -0.0804 e. The molecule has 0 aliphatic heterocycles. The van der Waals surface area contributed by atoms with Gasteiger partial charge < -0.3 is 0 Å². The summed E-state index contributed by atoms with van der Waals surface area (Å²) in [6.45, 7) is 7.07. The third-order valence-electron chi connectivity index (χ3n) is 8.35. The first-order chi connectivity index (χ1) is 15.2. The lowest BCUT2D eigenvalue weighted by Gasteiger charge is -2.28. The Balaban J connectivity index is 1.36. The van der Waals surface area contributed by atoms with Crippen molar-refractivity contribution in [3.05, 3.63) is 65.7 Å². The molecule has 0 N–H and O–H groups in total. The van der Waals surface area contributed by atoms with E-state index in [9.17, 15) is 0 Å². The van der Waals surface area contributed by atoms with Gasteiger partial charge in [0.1, 0.15) is 0 Å². The molecule has 2 aliphatic carbocycles. The van der Waals surface area contributed by atoms with Crippen LogP contribution in [0.1, 0.15) is 102 Å². The normalized spacial score (nSPS) is 25.1. The lowest BCUT2D eigenvalue weighted by molar-refractivity contribution is 0.319. The molecule has 4 rings (SSSR count). The summed E-state index contributed by atoms with van der Waals surface area (Å²) in [5, 5.41) is 0. The highest BCUT2D eigenvalue weighted by Crippen LogP contribution is 2.38. The lowest BCUT2D eigenvalue weighted by Crippen LogP contribution is -2.12. The van der Waals surface area contributed by atoms with E-state index in [-0.39, 0.29) is 0 Å². The van der Waals surface area contributed by atoms with Gasteiger partial charge in [-0.25, -0.2) is 0 Å². The average Bonchev–Trinajstić information content (AvgIpc) is 2.85. The van der Waals surface area contributed by atoms with Crippen LogP contribution in [0.4, 0.5) is 0 Å². The molecule has 2 aliphatic rings. The highest BCUT2D eigenvalue weighted by molar-refractivity contribution is 5.71. The van der Waals surface area contributed by atoms with Crippen molar-refractivity contribution in [2.75, 3.05) is 0 Å². The Kier molecular flexibility index (Phi) is 7.70. The standard InChI is InChI=1S/C31H42/c1-4-23(3)22-25-8-12-27(13-9-25)29-16-20-31(21-17-29)30-18-14-28(15-19-30)26-10-6-24(5-2)7-11-26/h12,14-21,23-26H,4-11,13,22H2,1-3H3. The lowest BCUT2D eigenvalue weighted by atomic mass is 9.77. The van der Waals surface area contributed by atoms with E-state index in [0.717, 1.165) is 23.7 Å². The molecule has 31 heavy (non-hydrogen) atoms. The van der Waals surface area contributed by atoms with Gasteiger partial charge in [-0.05, 0) is 103 Å². The predicted molar refractivity (Wildman–Crippen MR) is 136 cm³/mol. The van der Waals surface area contributed by atoms with Crippen LogP contribution in [0.25, 0.3) is 16.7 Å². The first-order valence-electron chi connectivity index (χ1n) is 13.1. The summed E-state index contributed by atoms with van der Waals surface area (Å²) >= 11 is 0. The minimum absolute atomic E-state index is 0.779. The van der Waals surface area contributed by atoms with E-state index in [1.54, 1.807) is 11.1 Å². The molecule has 2 atom stereocenters. The van der Waals surface area contributed by atoms with Gasteiger partial charge in [0, 0.05) is 0 Å². The third kappa shape index (κ3) is 5.71. The van der Waals surface area contributed by atoms with Gasteiger partial charge in [0.25, 0.3) is 0 Å². The zero-order chi connectivity index (χ0) is 21.6. The second-order valence-corrected chi connectivity index (χ2v) is 10.4. The van der Waals surface area contributed by atoms with Gasteiger partial charge in [-0.2, -0.15) is 0 Å². The largest absolute Gasteiger partial charge is 0.0804 e. The molecule has 0 aromatic heterocycles. The number of hydrogen-bond acceptors (Lipinski definition) is 0. The van der Waals surface area contributed by atoms with Crippen LogP contribution < -0.4 is 0 Å². The molecular weight excluding hydrogens is 372 g/mol. The van der Waals surface area contributed by atoms with Crippen molar-refractivity contribution in [1.82, 2.24) is 0 Å². The van der Waals surface area contributed by atoms with Gasteiger partial charge in [-0.3, -0.25) is 0 Å². The van der Waals surface area contributed by atoms with Gasteiger partial charge in [0.15, 0.2) is 0 Å². The first kappa shape index (κ1) is 22.4. The molecule has 1 fully saturated rings. The Hall–Kier alpha value is -1.82. The Morgan fingerprint density at radius 3 is 1.90 bits per heavy atom. The SMILES string of the molecule is CCC(C)CC1CC=C(c2ccc(-c3ccc(C4CCC(CC)CC4)cc3)cc2)CC1. The van der Waals surface area contributed by atoms with E-state index in [4.69, 9.17) is 0 Å². The second-order valence-electron chi connectivity index (χ2n) is 10.4. The van der Waals surface area contributed by atoms with Crippen molar-refractivity contribution in [3.8, 4) is 11.1 Å². The first-order valence-corrected chi connectivity index (χ1v) is 13.1. The molecule has 0 spiro atoms. The molecule has 2 unspecified atom stereocenters. The Labute approximate surface area is 191 Å². The van der Waals surface area contributed by atoms with E-state index in [0.29, 0.717) is 0 Å². The highest BCUT2D eigenvalue weighted by Gasteiger charge is 2.21. The van der Waals surface area contributed by atoms with E-state index in [1.165, 1.54) is 80.9 Å². The molecule has 0 radical (unpaired) electrons. The summed E-state index contributed by atoms with van der Waals surface area (Å²) in [5.41, 5.74) is 7.23. The number of benzene rings is 2. The minimum atomic E-state index is 0.779. The van der Waals surface area contributed by atoms with E-state index in [2.05, 4.69) is 75.4 Å². The maximum absolute atomic E-state index is 2.52. The van der Waals surface area contributed by atoms with Crippen molar-refractivity contribution >= 4 is 5.57 Å². The maximum Gasteiger partial charge on any atom is -0.0162 e. The van der Waals surface area contributed by atoms with Crippen LogP contribution in [0.2, 0.25) is 0 Å². The van der Waals surface area contributed by atoms with E-state index in [1.807, 2.05) is 0 Å². The van der Waals surface area contributed by atoms with Crippen LogP contribution in [0.5, 0.6) is 0 Å². The fourth-order valence-electron chi connectivity index (χ4n) is 5.83. The molecule has 166 valence electrons. The topological polar surface area (TPSA) is 0 Å². The number of rotatable bonds is 7. The van der Waals surface area contributed by atoms with Crippen molar-refractivity contribution < 1.29 is 0 Å². The summed E-state index contributed by atoms with van der Waals surface area (Å²) in [4.78, 5) is 0. The third-order valence-corrected chi connectivity index (χ3v) is 8.35. The zero-order valence-electron chi connectivity index (χ0n) is 20.1. The van der Waals surface area contributed by atoms with Gasteiger partial charge >= 0.3 is 0 Å². The zero-order valence-corrected chi connectivity index (χ0v) is 20.1. The van der Waals surface area contributed by atoms with E-state index < -0.39 is 0 Å². The molecular formula is C31H42.